The first-order valence-electron chi connectivity index (χ1n) is 8.59. The SMILES string of the molecule is CCC(NC(=O)C1CC1c1ccccc1Cl)c1ccccc1OC(F)F. The molecule has 1 aliphatic rings. The van der Waals surface area contributed by atoms with E-state index in [1.165, 1.54) is 6.07 Å². The van der Waals surface area contributed by atoms with Gasteiger partial charge in [0.05, 0.1) is 6.04 Å². The molecule has 1 saturated carbocycles. The Bertz CT molecular complexity index is 784. The third kappa shape index (κ3) is 4.15. The Kier molecular flexibility index (Phi) is 5.77. The summed E-state index contributed by atoms with van der Waals surface area (Å²) in [6, 6.07) is 13.7. The maximum atomic E-state index is 12.6. The van der Waals surface area contributed by atoms with Crippen molar-refractivity contribution >= 4 is 17.5 Å². The molecular weight excluding hydrogens is 360 g/mol. The molecular formula is C20H20ClF2NO2. The number of nitrogens with one attached hydrogen (secondary N) is 1. The highest BCUT2D eigenvalue weighted by Gasteiger charge is 2.45. The van der Waals surface area contributed by atoms with E-state index in [4.69, 9.17) is 11.6 Å². The van der Waals surface area contributed by atoms with Gasteiger partial charge in [0.15, 0.2) is 0 Å². The normalized spacial score (nSPS) is 19.9. The van der Waals surface area contributed by atoms with E-state index in [-0.39, 0.29) is 29.5 Å². The van der Waals surface area contributed by atoms with Crippen LogP contribution in [0.5, 0.6) is 5.75 Å². The van der Waals surface area contributed by atoms with Gasteiger partial charge in [-0.25, -0.2) is 0 Å². The van der Waals surface area contributed by atoms with E-state index in [2.05, 4.69) is 10.1 Å². The zero-order valence-corrected chi connectivity index (χ0v) is 15.0. The predicted octanol–water partition coefficient (Wildman–Crippen LogP) is 5.31. The number of para-hydroxylation sites is 1. The molecule has 1 N–H and O–H groups in total. The molecule has 1 amide bonds. The summed E-state index contributed by atoms with van der Waals surface area (Å²) in [6.07, 6.45) is 1.31. The number of hydrogen-bond acceptors (Lipinski definition) is 2. The first kappa shape index (κ1) is 18.6. The van der Waals surface area contributed by atoms with Crippen LogP contribution in [0.25, 0.3) is 0 Å². The highest BCUT2D eigenvalue weighted by atomic mass is 35.5. The molecule has 0 bridgehead atoms. The molecule has 0 aliphatic heterocycles. The van der Waals surface area contributed by atoms with Crippen LogP contribution in [0.3, 0.4) is 0 Å². The number of hydrogen-bond donors (Lipinski definition) is 1. The van der Waals surface area contributed by atoms with Crippen LogP contribution in [-0.2, 0) is 4.79 Å². The van der Waals surface area contributed by atoms with Gasteiger partial charge in [-0.2, -0.15) is 8.78 Å². The lowest BCUT2D eigenvalue weighted by molar-refractivity contribution is -0.123. The van der Waals surface area contributed by atoms with E-state index in [1.807, 2.05) is 31.2 Å². The van der Waals surface area contributed by atoms with Gasteiger partial charge in [-0.15, -0.1) is 0 Å². The molecule has 0 saturated heterocycles. The van der Waals surface area contributed by atoms with Crippen molar-refractivity contribution in [3.63, 3.8) is 0 Å². The van der Waals surface area contributed by atoms with Crippen LogP contribution in [0.2, 0.25) is 5.02 Å². The van der Waals surface area contributed by atoms with E-state index in [9.17, 15) is 13.6 Å². The minimum atomic E-state index is -2.91. The van der Waals surface area contributed by atoms with Crippen LogP contribution in [0.15, 0.2) is 48.5 Å². The molecule has 0 spiro atoms. The third-order valence-electron chi connectivity index (χ3n) is 4.67. The van der Waals surface area contributed by atoms with Crippen molar-refractivity contribution in [1.29, 1.82) is 0 Å². The molecule has 1 fully saturated rings. The smallest absolute Gasteiger partial charge is 0.387 e. The number of rotatable bonds is 7. The molecule has 26 heavy (non-hydrogen) atoms. The van der Waals surface area contributed by atoms with Crippen LogP contribution in [-0.4, -0.2) is 12.5 Å². The first-order chi connectivity index (χ1) is 12.5. The van der Waals surface area contributed by atoms with E-state index >= 15 is 0 Å². The molecule has 138 valence electrons. The molecule has 1 aliphatic carbocycles. The van der Waals surface area contributed by atoms with Crippen LogP contribution in [0.4, 0.5) is 8.78 Å². The second-order valence-electron chi connectivity index (χ2n) is 6.36. The number of alkyl halides is 2. The van der Waals surface area contributed by atoms with Gasteiger partial charge in [0.2, 0.25) is 5.91 Å². The minimum absolute atomic E-state index is 0.0892. The van der Waals surface area contributed by atoms with Crippen molar-refractivity contribution in [3.8, 4) is 5.75 Å². The fourth-order valence-electron chi connectivity index (χ4n) is 3.25. The Morgan fingerprint density at radius 2 is 1.92 bits per heavy atom. The van der Waals surface area contributed by atoms with E-state index < -0.39 is 6.61 Å². The average Bonchev–Trinajstić information content (AvgIpc) is 3.41. The van der Waals surface area contributed by atoms with E-state index in [0.29, 0.717) is 17.0 Å². The molecule has 3 nitrogen and oxygen atoms in total. The molecule has 0 radical (unpaired) electrons. The molecule has 3 unspecified atom stereocenters. The standard InChI is InChI=1S/C20H20ClF2NO2/c1-2-17(13-8-4-6-10-18(13)26-20(22)23)24-19(25)15-11-14(15)12-7-3-5-9-16(12)21/h3-10,14-15,17,20H,2,11H2,1H3,(H,24,25). The van der Waals surface area contributed by atoms with Gasteiger partial charge in [-0.3, -0.25) is 4.79 Å². The molecule has 0 aromatic heterocycles. The summed E-state index contributed by atoms with van der Waals surface area (Å²) in [4.78, 5) is 12.6. The monoisotopic (exact) mass is 379 g/mol. The summed E-state index contributed by atoms with van der Waals surface area (Å²) in [6.45, 7) is -1.01. The molecule has 3 atom stereocenters. The Morgan fingerprint density at radius 3 is 2.62 bits per heavy atom. The summed E-state index contributed by atoms with van der Waals surface area (Å²) in [5, 5.41) is 3.63. The molecule has 3 rings (SSSR count). The zero-order chi connectivity index (χ0) is 18.7. The average molecular weight is 380 g/mol. The predicted molar refractivity (Wildman–Crippen MR) is 96.5 cm³/mol. The second-order valence-corrected chi connectivity index (χ2v) is 6.76. The van der Waals surface area contributed by atoms with Crippen molar-refractivity contribution in [2.24, 2.45) is 5.92 Å². The summed E-state index contributed by atoms with van der Waals surface area (Å²) in [5.41, 5.74) is 1.53. The Morgan fingerprint density at radius 1 is 1.23 bits per heavy atom. The second kappa shape index (κ2) is 8.04. The van der Waals surface area contributed by atoms with Crippen molar-refractivity contribution in [2.75, 3.05) is 0 Å². The maximum Gasteiger partial charge on any atom is 0.387 e. The Balaban J connectivity index is 1.70. The lowest BCUT2D eigenvalue weighted by Crippen LogP contribution is -2.30. The number of carbonyl (C=O) groups excluding carboxylic acids is 1. The molecule has 2 aromatic carbocycles. The number of ether oxygens (including phenoxy) is 1. The highest BCUT2D eigenvalue weighted by Crippen LogP contribution is 2.50. The number of halogens is 3. The van der Waals surface area contributed by atoms with Crippen molar-refractivity contribution < 1.29 is 18.3 Å². The van der Waals surface area contributed by atoms with Crippen LogP contribution in [0.1, 0.15) is 42.9 Å². The quantitative estimate of drug-likeness (QED) is 0.707. The maximum absolute atomic E-state index is 12.6. The molecule has 0 heterocycles. The summed E-state index contributed by atoms with van der Waals surface area (Å²) >= 11 is 6.21. The van der Waals surface area contributed by atoms with Crippen molar-refractivity contribution in [1.82, 2.24) is 5.32 Å². The number of carbonyl (C=O) groups is 1. The lowest BCUT2D eigenvalue weighted by atomic mass is 10.0. The van der Waals surface area contributed by atoms with E-state index in [1.54, 1.807) is 18.2 Å². The fourth-order valence-corrected chi connectivity index (χ4v) is 3.53. The number of benzene rings is 2. The largest absolute Gasteiger partial charge is 0.434 e. The van der Waals surface area contributed by atoms with E-state index in [0.717, 1.165) is 12.0 Å². The van der Waals surface area contributed by atoms with Crippen LogP contribution < -0.4 is 10.1 Å². The summed E-state index contributed by atoms with van der Waals surface area (Å²) < 4.78 is 29.8. The summed E-state index contributed by atoms with van der Waals surface area (Å²) in [5.74, 6) is -0.0392. The number of amides is 1. The highest BCUT2D eigenvalue weighted by molar-refractivity contribution is 6.31. The molecule has 2 aromatic rings. The topological polar surface area (TPSA) is 38.3 Å². The van der Waals surface area contributed by atoms with Crippen LogP contribution >= 0.6 is 11.6 Å². The zero-order valence-electron chi connectivity index (χ0n) is 14.3. The summed E-state index contributed by atoms with van der Waals surface area (Å²) in [7, 11) is 0. The Hall–Kier alpha value is -2.14. The van der Waals surface area contributed by atoms with Gasteiger partial charge in [0.1, 0.15) is 5.75 Å². The Labute approximate surface area is 156 Å². The fraction of sp³-hybridized carbons (Fsp3) is 0.350. The third-order valence-corrected chi connectivity index (χ3v) is 5.01. The van der Waals surface area contributed by atoms with Gasteiger partial charge in [0, 0.05) is 16.5 Å². The lowest BCUT2D eigenvalue weighted by Gasteiger charge is -2.20. The van der Waals surface area contributed by atoms with Gasteiger partial charge in [0.25, 0.3) is 0 Å². The van der Waals surface area contributed by atoms with Crippen LogP contribution in [0, 0.1) is 5.92 Å². The van der Waals surface area contributed by atoms with Crippen molar-refractivity contribution in [3.05, 3.63) is 64.7 Å². The minimum Gasteiger partial charge on any atom is -0.434 e. The molecule has 6 heteroatoms. The van der Waals surface area contributed by atoms with Gasteiger partial charge in [-0.1, -0.05) is 54.9 Å². The van der Waals surface area contributed by atoms with Gasteiger partial charge in [-0.05, 0) is 36.5 Å². The first-order valence-corrected chi connectivity index (χ1v) is 8.97. The van der Waals surface area contributed by atoms with Gasteiger partial charge < -0.3 is 10.1 Å². The van der Waals surface area contributed by atoms with Crippen molar-refractivity contribution in [2.45, 2.75) is 38.3 Å². The van der Waals surface area contributed by atoms with Gasteiger partial charge >= 0.3 is 6.61 Å².